The molecule has 1 aromatic heterocycles. The summed E-state index contributed by atoms with van der Waals surface area (Å²) in [4.78, 5) is -0.297. The fourth-order valence-electron chi connectivity index (χ4n) is 1.30. The molecular weight excluding hydrogens is 346 g/mol. The molecule has 1 atom stereocenters. The smallest absolute Gasteiger partial charge is 0.169 e. The molecule has 0 fully saturated rings. The fourth-order valence-corrected chi connectivity index (χ4v) is 2.15. The van der Waals surface area contributed by atoms with Crippen LogP contribution < -0.4 is 0 Å². The zero-order valence-electron chi connectivity index (χ0n) is 7.88. The normalized spacial score (nSPS) is 12.8. The van der Waals surface area contributed by atoms with E-state index in [0.29, 0.717) is 16.0 Å². The van der Waals surface area contributed by atoms with Crippen LogP contribution in [0.4, 0.5) is 8.78 Å². The van der Waals surface area contributed by atoms with Gasteiger partial charge >= 0.3 is 0 Å². The largest absolute Gasteiger partial charge is 0.453 e. The summed E-state index contributed by atoms with van der Waals surface area (Å²) in [6.45, 7) is 0. The van der Waals surface area contributed by atoms with Crippen LogP contribution in [0.3, 0.4) is 0 Å². The van der Waals surface area contributed by atoms with Crippen LogP contribution in [0.15, 0.2) is 39.4 Å². The number of furan rings is 1. The molecule has 0 aliphatic rings. The zero-order valence-corrected chi connectivity index (χ0v) is 11.1. The van der Waals surface area contributed by atoms with E-state index in [4.69, 9.17) is 4.42 Å². The predicted molar refractivity (Wildman–Crippen MR) is 63.5 cm³/mol. The average molecular weight is 352 g/mol. The predicted octanol–water partition coefficient (Wildman–Crippen LogP) is 4.80. The maximum Gasteiger partial charge on any atom is 0.169 e. The van der Waals surface area contributed by atoms with Crippen molar-refractivity contribution in [1.29, 1.82) is 0 Å². The van der Waals surface area contributed by atoms with E-state index in [1.54, 1.807) is 12.1 Å². The third kappa shape index (κ3) is 2.35. The van der Waals surface area contributed by atoms with Crippen LogP contribution in [-0.4, -0.2) is 0 Å². The monoisotopic (exact) mass is 350 g/mol. The molecule has 1 heterocycles. The lowest BCUT2D eigenvalue weighted by Gasteiger charge is -2.07. The Morgan fingerprint density at radius 2 is 1.81 bits per heavy atom. The van der Waals surface area contributed by atoms with Gasteiger partial charge in [0.1, 0.15) is 5.76 Å². The van der Waals surface area contributed by atoms with Crippen LogP contribution in [0, 0.1) is 11.6 Å². The number of benzene rings is 1. The van der Waals surface area contributed by atoms with Gasteiger partial charge in [0.15, 0.2) is 16.3 Å². The SMILES string of the molecule is Fc1ccc(C(Br)c2ccc(Br)o2)cc1F. The second-order valence-electron chi connectivity index (χ2n) is 3.18. The van der Waals surface area contributed by atoms with Crippen LogP contribution in [0.1, 0.15) is 16.2 Å². The van der Waals surface area contributed by atoms with E-state index in [1.807, 2.05) is 0 Å². The number of rotatable bonds is 2. The minimum absolute atomic E-state index is 0.297. The molecule has 5 heteroatoms. The lowest BCUT2D eigenvalue weighted by atomic mass is 10.1. The Labute approximate surface area is 108 Å². The van der Waals surface area contributed by atoms with Gasteiger partial charge in [-0.2, -0.15) is 0 Å². The van der Waals surface area contributed by atoms with E-state index in [-0.39, 0.29) is 4.83 Å². The summed E-state index contributed by atoms with van der Waals surface area (Å²) in [6, 6.07) is 7.24. The summed E-state index contributed by atoms with van der Waals surface area (Å²) in [6.07, 6.45) is 0. The maximum absolute atomic E-state index is 13.0. The lowest BCUT2D eigenvalue weighted by molar-refractivity contribution is 0.492. The summed E-state index contributed by atoms with van der Waals surface area (Å²) in [5, 5.41) is 0. The van der Waals surface area contributed by atoms with E-state index in [0.717, 1.165) is 12.1 Å². The van der Waals surface area contributed by atoms with E-state index in [1.165, 1.54) is 6.07 Å². The molecule has 0 saturated heterocycles. The highest BCUT2D eigenvalue weighted by Gasteiger charge is 2.16. The topological polar surface area (TPSA) is 13.1 Å². The van der Waals surface area contributed by atoms with Gasteiger partial charge in [-0.25, -0.2) is 8.78 Å². The Hall–Kier alpha value is -0.680. The summed E-state index contributed by atoms with van der Waals surface area (Å²) < 4.78 is 31.7. The second kappa shape index (κ2) is 4.67. The molecule has 2 rings (SSSR count). The molecule has 0 bridgehead atoms. The van der Waals surface area contributed by atoms with E-state index in [9.17, 15) is 8.78 Å². The van der Waals surface area contributed by atoms with Gasteiger partial charge in [-0.15, -0.1) is 0 Å². The van der Waals surface area contributed by atoms with Crippen molar-refractivity contribution in [2.45, 2.75) is 4.83 Å². The van der Waals surface area contributed by atoms with E-state index < -0.39 is 11.6 Å². The molecule has 0 radical (unpaired) electrons. The molecule has 84 valence electrons. The summed E-state index contributed by atoms with van der Waals surface area (Å²) in [7, 11) is 0. The zero-order chi connectivity index (χ0) is 11.7. The van der Waals surface area contributed by atoms with Crippen molar-refractivity contribution in [3.63, 3.8) is 0 Å². The summed E-state index contributed by atoms with van der Waals surface area (Å²) in [5.41, 5.74) is 0.598. The molecule has 0 saturated carbocycles. The number of halogens is 4. The number of hydrogen-bond acceptors (Lipinski definition) is 1. The average Bonchev–Trinajstić information content (AvgIpc) is 2.68. The van der Waals surface area contributed by atoms with Gasteiger partial charge in [0, 0.05) is 0 Å². The third-order valence-corrected chi connectivity index (χ3v) is 3.49. The van der Waals surface area contributed by atoms with Gasteiger partial charge in [0.2, 0.25) is 0 Å². The molecule has 0 aliphatic heterocycles. The Kier molecular flexibility index (Phi) is 3.44. The van der Waals surface area contributed by atoms with Gasteiger partial charge < -0.3 is 4.42 Å². The standard InChI is InChI=1S/C11H6Br2F2O/c12-10-4-3-9(16-10)11(13)6-1-2-7(14)8(15)5-6/h1-5,11H. The highest BCUT2D eigenvalue weighted by molar-refractivity contribution is 9.10. The Morgan fingerprint density at radius 1 is 1.06 bits per heavy atom. The van der Waals surface area contributed by atoms with Gasteiger partial charge in [-0.3, -0.25) is 0 Å². The van der Waals surface area contributed by atoms with E-state index in [2.05, 4.69) is 31.9 Å². The number of alkyl halides is 1. The Morgan fingerprint density at radius 3 is 2.38 bits per heavy atom. The minimum Gasteiger partial charge on any atom is -0.453 e. The third-order valence-electron chi connectivity index (χ3n) is 2.08. The van der Waals surface area contributed by atoms with Crippen LogP contribution in [0.25, 0.3) is 0 Å². The maximum atomic E-state index is 13.0. The Bertz CT molecular complexity index is 510. The van der Waals surface area contributed by atoms with E-state index >= 15 is 0 Å². The Balaban J connectivity index is 2.33. The van der Waals surface area contributed by atoms with Crippen molar-refractivity contribution in [3.05, 3.63) is 58.0 Å². The van der Waals surface area contributed by atoms with Gasteiger partial charge in [0.25, 0.3) is 0 Å². The fraction of sp³-hybridized carbons (Fsp3) is 0.0909. The van der Waals surface area contributed by atoms with Gasteiger partial charge in [-0.05, 0) is 45.8 Å². The van der Waals surface area contributed by atoms with Crippen molar-refractivity contribution in [1.82, 2.24) is 0 Å². The summed E-state index contributed by atoms with van der Waals surface area (Å²) >= 11 is 6.54. The van der Waals surface area contributed by atoms with Crippen molar-refractivity contribution in [2.75, 3.05) is 0 Å². The van der Waals surface area contributed by atoms with Crippen LogP contribution >= 0.6 is 31.9 Å². The van der Waals surface area contributed by atoms with Crippen molar-refractivity contribution < 1.29 is 13.2 Å². The molecule has 1 aromatic carbocycles. The first-order chi connectivity index (χ1) is 7.58. The van der Waals surface area contributed by atoms with Crippen LogP contribution in [0.2, 0.25) is 0 Å². The van der Waals surface area contributed by atoms with Crippen molar-refractivity contribution in [2.24, 2.45) is 0 Å². The second-order valence-corrected chi connectivity index (χ2v) is 4.88. The molecule has 0 N–H and O–H groups in total. The molecule has 16 heavy (non-hydrogen) atoms. The first-order valence-corrected chi connectivity index (χ1v) is 6.13. The highest BCUT2D eigenvalue weighted by atomic mass is 79.9. The molecule has 0 spiro atoms. The van der Waals surface area contributed by atoms with Crippen molar-refractivity contribution in [3.8, 4) is 0 Å². The van der Waals surface area contributed by atoms with Gasteiger partial charge in [-0.1, -0.05) is 22.0 Å². The first kappa shape index (κ1) is 11.8. The quantitative estimate of drug-likeness (QED) is 0.708. The molecule has 2 aromatic rings. The molecule has 1 nitrogen and oxygen atoms in total. The molecule has 1 unspecified atom stereocenters. The van der Waals surface area contributed by atoms with Crippen LogP contribution in [-0.2, 0) is 0 Å². The molecule has 0 amide bonds. The highest BCUT2D eigenvalue weighted by Crippen LogP contribution is 2.33. The van der Waals surface area contributed by atoms with Gasteiger partial charge in [0.05, 0.1) is 4.83 Å². The first-order valence-electron chi connectivity index (χ1n) is 4.42. The van der Waals surface area contributed by atoms with Crippen LogP contribution in [0.5, 0.6) is 0 Å². The lowest BCUT2D eigenvalue weighted by Crippen LogP contribution is -1.93. The summed E-state index contributed by atoms with van der Waals surface area (Å²) in [5.74, 6) is -1.10. The minimum atomic E-state index is -0.868. The van der Waals surface area contributed by atoms with Crippen molar-refractivity contribution >= 4 is 31.9 Å². The molecular formula is C11H6Br2F2O. The number of hydrogen-bond donors (Lipinski definition) is 0. The molecule has 0 aliphatic carbocycles.